The van der Waals surface area contributed by atoms with Crippen molar-refractivity contribution in [2.75, 3.05) is 27.3 Å². The number of carbonyl (C=O) groups is 1. The number of halogens is 2. The van der Waals surface area contributed by atoms with Gasteiger partial charge in [-0.05, 0) is 38.6 Å². The van der Waals surface area contributed by atoms with Crippen molar-refractivity contribution in [1.82, 2.24) is 35.9 Å². The molecule has 1 saturated heterocycles. The summed E-state index contributed by atoms with van der Waals surface area (Å²) in [7, 11) is 3.13. The summed E-state index contributed by atoms with van der Waals surface area (Å²) in [5.41, 5.74) is 4.74. The highest BCUT2D eigenvalue weighted by Gasteiger charge is 2.37. The Morgan fingerprint density at radius 1 is 0.854 bits per heavy atom. The summed E-state index contributed by atoms with van der Waals surface area (Å²) in [6, 6.07) is 11.5. The molecule has 4 N–H and O–H groups in total. The number of aliphatic hydroxyl groups is 1. The third-order valence-corrected chi connectivity index (χ3v) is 9.61. The van der Waals surface area contributed by atoms with Crippen molar-refractivity contribution >= 4 is 29.1 Å². The van der Waals surface area contributed by atoms with Crippen LogP contribution in [0.4, 0.5) is 0 Å². The van der Waals surface area contributed by atoms with Gasteiger partial charge in [-0.2, -0.15) is 0 Å². The number of amides is 1. The maximum atomic E-state index is 11.5. The van der Waals surface area contributed by atoms with Gasteiger partial charge in [-0.1, -0.05) is 59.6 Å². The fourth-order valence-electron chi connectivity index (χ4n) is 6.42. The monoisotopic (exact) mass is 691 g/mol. The van der Waals surface area contributed by atoms with E-state index in [1.807, 2.05) is 43.3 Å². The van der Waals surface area contributed by atoms with Crippen molar-refractivity contribution in [1.29, 1.82) is 0 Å². The lowest BCUT2D eigenvalue weighted by Gasteiger charge is -2.41. The van der Waals surface area contributed by atoms with Gasteiger partial charge in [0.05, 0.1) is 53.6 Å². The molecule has 2 fully saturated rings. The first-order valence-corrected chi connectivity index (χ1v) is 16.7. The smallest absolute Gasteiger partial charge is 0.237 e. The molecule has 1 saturated carbocycles. The summed E-state index contributed by atoms with van der Waals surface area (Å²) in [6.45, 7) is 4.23. The Hall–Kier alpha value is -3.87. The topological polar surface area (TPSA) is 143 Å². The number of carbonyl (C=O) groups excluding carboxylic acids is 1. The molecule has 0 bridgehead atoms. The predicted octanol–water partition coefficient (Wildman–Crippen LogP) is 5.21. The van der Waals surface area contributed by atoms with E-state index < -0.39 is 5.60 Å². The van der Waals surface area contributed by atoms with Crippen LogP contribution in [0.2, 0.25) is 10.0 Å². The third kappa shape index (κ3) is 7.55. The quantitative estimate of drug-likeness (QED) is 0.148. The second-order valence-electron chi connectivity index (χ2n) is 12.6. The van der Waals surface area contributed by atoms with Gasteiger partial charge >= 0.3 is 0 Å². The lowest BCUT2D eigenvalue weighted by molar-refractivity contribution is -0.119. The van der Waals surface area contributed by atoms with E-state index >= 15 is 0 Å². The molecule has 2 aliphatic rings. The minimum Gasteiger partial charge on any atom is -0.480 e. The van der Waals surface area contributed by atoms with Crippen LogP contribution in [0.5, 0.6) is 11.8 Å². The molecule has 252 valence electrons. The normalized spacial score (nSPS) is 20.3. The Labute approximate surface area is 289 Å². The first kappa shape index (κ1) is 34.0. The Bertz CT molecular complexity index is 1800. The molecule has 3 heterocycles. The summed E-state index contributed by atoms with van der Waals surface area (Å²) >= 11 is 14.1. The minimum absolute atomic E-state index is 0.0827. The standard InChI is InChI=1S/C35H39Cl2N7O4/c1-35(46)12-20(13-35)14-38-16-28-33(47-2)43-26(18-40-28)24-8-4-6-22(31(24)36)23-7-5-9-25(32(23)37)27-19-41-29(34(44-27)48-3)17-39-15-21-10-11-30(45)42-21/h4-9,18-21,38-39,46H,10-17H2,1-3H3,(H,42,45)/t20?,21-,35?/m0/s1. The number of rotatable bonds is 13. The lowest BCUT2D eigenvalue weighted by atomic mass is 9.72. The van der Waals surface area contributed by atoms with Crippen LogP contribution in [0.1, 0.15) is 44.0 Å². The number of benzene rings is 2. The zero-order chi connectivity index (χ0) is 33.8. The van der Waals surface area contributed by atoms with Crippen molar-refractivity contribution in [3.8, 4) is 45.4 Å². The molecule has 1 aliphatic carbocycles. The fourth-order valence-corrected chi connectivity index (χ4v) is 7.07. The average Bonchev–Trinajstić information content (AvgIpc) is 3.49. The number of ether oxygens (including phenoxy) is 2. The van der Waals surface area contributed by atoms with Gasteiger partial charge in [0.15, 0.2) is 0 Å². The summed E-state index contributed by atoms with van der Waals surface area (Å²) in [4.78, 5) is 30.2. The SMILES string of the molecule is COc1nc(-c2cccc(-c3cccc(-c4cnc(CNC[C@@H]5CCC(=O)N5)c(OC)n4)c3Cl)c2Cl)cnc1CNCC1CC(C)(O)C1. The van der Waals surface area contributed by atoms with Gasteiger partial charge in [0.2, 0.25) is 17.7 Å². The Kier molecular flexibility index (Phi) is 10.4. The molecule has 1 aliphatic heterocycles. The number of nitrogens with zero attached hydrogens (tertiary/aromatic N) is 4. The van der Waals surface area contributed by atoms with E-state index in [-0.39, 0.29) is 11.9 Å². The number of nitrogens with one attached hydrogen (secondary N) is 3. The Morgan fingerprint density at radius 3 is 1.81 bits per heavy atom. The van der Waals surface area contributed by atoms with E-state index in [0.29, 0.717) is 87.7 Å². The van der Waals surface area contributed by atoms with Crippen LogP contribution >= 0.6 is 23.2 Å². The van der Waals surface area contributed by atoms with E-state index in [1.54, 1.807) is 26.6 Å². The molecule has 2 aromatic heterocycles. The first-order chi connectivity index (χ1) is 23.2. The average molecular weight is 693 g/mol. The summed E-state index contributed by atoms with van der Waals surface area (Å²) < 4.78 is 11.2. The third-order valence-electron chi connectivity index (χ3n) is 8.80. The molecule has 1 atom stereocenters. The molecule has 4 aromatic rings. The number of methoxy groups -OCH3 is 2. The maximum Gasteiger partial charge on any atom is 0.237 e. The van der Waals surface area contributed by atoms with Crippen LogP contribution in [0, 0.1) is 5.92 Å². The summed E-state index contributed by atoms with van der Waals surface area (Å²) in [5, 5.41) is 20.6. The fraction of sp³-hybridized carbons (Fsp3) is 0.400. The summed E-state index contributed by atoms with van der Waals surface area (Å²) in [5.74, 6) is 1.33. The van der Waals surface area contributed by atoms with Crippen LogP contribution in [-0.4, -0.2) is 69.9 Å². The molecule has 13 heteroatoms. The molecule has 0 spiro atoms. The van der Waals surface area contributed by atoms with Gasteiger partial charge in [0.1, 0.15) is 11.4 Å². The number of aromatic nitrogens is 4. The molecule has 0 unspecified atom stereocenters. The minimum atomic E-state index is -0.548. The van der Waals surface area contributed by atoms with E-state index in [9.17, 15) is 9.90 Å². The molecule has 48 heavy (non-hydrogen) atoms. The molecular formula is C35H39Cl2N7O4. The van der Waals surface area contributed by atoms with Gasteiger partial charge in [0, 0.05) is 54.4 Å². The number of hydrogen-bond donors (Lipinski definition) is 4. The molecular weight excluding hydrogens is 653 g/mol. The van der Waals surface area contributed by atoms with E-state index in [2.05, 4.69) is 25.9 Å². The van der Waals surface area contributed by atoms with Gasteiger partial charge in [-0.25, -0.2) is 9.97 Å². The Balaban J connectivity index is 1.19. The Morgan fingerprint density at radius 2 is 1.35 bits per heavy atom. The van der Waals surface area contributed by atoms with Crippen molar-refractivity contribution in [2.45, 2.75) is 57.3 Å². The second kappa shape index (κ2) is 14.7. The van der Waals surface area contributed by atoms with Crippen LogP contribution in [-0.2, 0) is 17.9 Å². The van der Waals surface area contributed by atoms with Gasteiger partial charge in [-0.15, -0.1) is 0 Å². The van der Waals surface area contributed by atoms with E-state index in [4.69, 9.17) is 42.6 Å². The van der Waals surface area contributed by atoms with Crippen LogP contribution in [0.3, 0.4) is 0 Å². The highest BCUT2D eigenvalue weighted by atomic mass is 35.5. The van der Waals surface area contributed by atoms with E-state index in [1.165, 1.54) is 0 Å². The highest BCUT2D eigenvalue weighted by Crippen LogP contribution is 2.42. The molecule has 6 rings (SSSR count). The maximum absolute atomic E-state index is 11.5. The van der Waals surface area contributed by atoms with Gasteiger partial charge in [0.25, 0.3) is 0 Å². The first-order valence-electron chi connectivity index (χ1n) is 16.0. The highest BCUT2D eigenvalue weighted by molar-refractivity contribution is 6.39. The van der Waals surface area contributed by atoms with Gasteiger partial charge in [-0.3, -0.25) is 14.8 Å². The van der Waals surface area contributed by atoms with Crippen molar-refractivity contribution < 1.29 is 19.4 Å². The predicted molar refractivity (Wildman–Crippen MR) is 185 cm³/mol. The van der Waals surface area contributed by atoms with E-state index in [0.717, 1.165) is 36.9 Å². The zero-order valence-corrected chi connectivity index (χ0v) is 28.7. The van der Waals surface area contributed by atoms with Crippen molar-refractivity contribution in [2.24, 2.45) is 5.92 Å². The van der Waals surface area contributed by atoms with Crippen LogP contribution in [0.25, 0.3) is 33.6 Å². The van der Waals surface area contributed by atoms with Crippen LogP contribution < -0.4 is 25.4 Å². The molecule has 2 aromatic carbocycles. The molecule has 11 nitrogen and oxygen atoms in total. The molecule has 0 radical (unpaired) electrons. The van der Waals surface area contributed by atoms with Crippen molar-refractivity contribution in [3.63, 3.8) is 0 Å². The zero-order valence-electron chi connectivity index (χ0n) is 27.1. The van der Waals surface area contributed by atoms with Crippen LogP contribution in [0.15, 0.2) is 48.8 Å². The largest absolute Gasteiger partial charge is 0.480 e. The van der Waals surface area contributed by atoms with Crippen molar-refractivity contribution in [3.05, 3.63) is 70.2 Å². The number of hydrogen-bond acceptors (Lipinski definition) is 10. The lowest BCUT2D eigenvalue weighted by Crippen LogP contribution is -2.44. The second-order valence-corrected chi connectivity index (χ2v) is 13.3. The summed E-state index contributed by atoms with van der Waals surface area (Å²) in [6.07, 6.45) is 6.32. The van der Waals surface area contributed by atoms with Gasteiger partial charge < -0.3 is 30.5 Å². The molecule has 1 amide bonds.